The highest BCUT2D eigenvalue weighted by molar-refractivity contribution is 7.20. The van der Waals surface area contributed by atoms with Crippen LogP contribution in [0.15, 0.2) is 122 Å². The average Bonchev–Trinajstić information content (AvgIpc) is 3.24. The third-order valence-electron chi connectivity index (χ3n) is 10.6. The molecule has 0 atom stereocenters. The van der Waals surface area contributed by atoms with E-state index in [1.807, 2.05) is 41.1 Å². The van der Waals surface area contributed by atoms with Crippen LogP contribution >= 0.6 is 0 Å². The van der Waals surface area contributed by atoms with Gasteiger partial charge in [0.05, 0.1) is 50.7 Å². The molecule has 1 aromatic heterocycles. The molecule has 0 saturated carbocycles. The molecule has 0 bridgehead atoms. The van der Waals surface area contributed by atoms with Gasteiger partial charge < -0.3 is 0 Å². The standard InChI is InChI=1S/C32H12BF24.C12H12FN2/c34-25(35,36)13-1-14(26(37,38)39)6-21(5-13)33(22-7-15(27(40,41)42)2-16(8-22)28(43,44)45,23-9-17(29(46,47)48)3-18(10-23)30(49,50)51)24-11-19(31(52,53)54)4-20(12-24)32(55,56)57;13-8-12-10-15(7-6-14-12)9-11-4-2-1-3-5-11/h1-12H;1-7,10H,8-9H2/q-1;+1. The predicted molar refractivity (Wildman–Crippen MR) is 205 cm³/mol. The summed E-state index contributed by atoms with van der Waals surface area (Å²) in [6.07, 6.45) is -49.6. The Morgan fingerprint density at radius 1 is 0.361 bits per heavy atom. The van der Waals surface area contributed by atoms with Crippen LogP contribution in [0.4, 0.5) is 110 Å². The third kappa shape index (κ3) is 13.1. The van der Waals surface area contributed by atoms with E-state index in [9.17, 15) is 110 Å². The van der Waals surface area contributed by atoms with Gasteiger partial charge in [0, 0.05) is 5.56 Å². The quantitative estimate of drug-likeness (QED) is 0.0884. The predicted octanol–water partition coefficient (Wildman–Crippen LogP) is 13.1. The van der Waals surface area contributed by atoms with Crippen molar-refractivity contribution in [3.05, 3.63) is 177 Å². The van der Waals surface area contributed by atoms with Gasteiger partial charge in [0.1, 0.15) is 18.5 Å². The maximum absolute atomic E-state index is 14.2. The number of hydrogen-bond acceptors (Lipinski definition) is 1. The molecule has 0 aliphatic carbocycles. The zero-order valence-corrected chi connectivity index (χ0v) is 34.9. The van der Waals surface area contributed by atoms with Gasteiger partial charge in [-0.2, -0.15) is 132 Å². The molecule has 0 N–H and O–H groups in total. The summed E-state index contributed by atoms with van der Waals surface area (Å²) >= 11 is 0. The Bertz CT molecular complexity index is 2430. The van der Waals surface area contributed by atoms with Crippen LogP contribution < -0.4 is 26.4 Å². The van der Waals surface area contributed by atoms with Gasteiger partial charge in [-0.25, -0.2) is 9.37 Å². The first-order valence-corrected chi connectivity index (χ1v) is 19.4. The van der Waals surface area contributed by atoms with Crippen molar-refractivity contribution in [1.82, 2.24) is 4.98 Å². The molecule has 0 saturated heterocycles. The minimum atomic E-state index is -6.13. The van der Waals surface area contributed by atoms with E-state index in [-0.39, 0.29) is 0 Å². The summed E-state index contributed by atoms with van der Waals surface area (Å²) in [5.74, 6) is 0. The van der Waals surface area contributed by atoms with E-state index < -0.39 is 201 Å². The highest BCUT2D eigenvalue weighted by Crippen LogP contribution is 2.41. The average molecular weight is 1070 g/mol. The lowest BCUT2D eigenvalue weighted by molar-refractivity contribution is -0.689. The molecule has 6 rings (SSSR count). The SMILES string of the molecule is FC(F)(F)c1cc([B-](c2cc(C(F)(F)F)cc(C(F)(F)F)c2)(c2cc(C(F)(F)F)cc(C(F)(F)F)c2)c2cc(C(F)(F)F)cc(C(F)(F)F)c2)cc(C(F)(F)F)c1.FCc1c[n+](Cc2ccccc2)ccn1. The molecule has 2 nitrogen and oxygen atoms in total. The Hall–Kier alpha value is -6.51. The Balaban J connectivity index is 0.000000542. The topological polar surface area (TPSA) is 16.8 Å². The molecular formula is C44H24BF25N2. The monoisotopic (exact) mass is 1070 g/mol. The number of aromatic nitrogens is 2. The molecule has 6 aromatic rings. The van der Waals surface area contributed by atoms with Crippen molar-refractivity contribution >= 4 is 28.0 Å². The second-order valence-electron chi connectivity index (χ2n) is 15.6. The number of alkyl halides is 25. The Kier molecular flexibility index (Phi) is 15.3. The van der Waals surface area contributed by atoms with Crippen molar-refractivity contribution in [2.45, 2.75) is 62.6 Å². The van der Waals surface area contributed by atoms with Gasteiger partial charge >= 0.3 is 49.4 Å². The largest absolute Gasteiger partial charge is 0.416 e. The second-order valence-corrected chi connectivity index (χ2v) is 15.6. The van der Waals surface area contributed by atoms with E-state index in [2.05, 4.69) is 4.98 Å². The molecule has 0 aliphatic heterocycles. The van der Waals surface area contributed by atoms with Crippen molar-refractivity contribution < 1.29 is 114 Å². The van der Waals surface area contributed by atoms with Crippen LogP contribution in [0.2, 0.25) is 0 Å². The normalized spacial score (nSPS) is 13.5. The minimum absolute atomic E-state index is 0.466. The zero-order valence-electron chi connectivity index (χ0n) is 34.9. The van der Waals surface area contributed by atoms with Crippen LogP contribution in [0.5, 0.6) is 0 Å². The van der Waals surface area contributed by atoms with Crippen molar-refractivity contribution in [3.8, 4) is 0 Å². The highest BCUT2D eigenvalue weighted by atomic mass is 19.4. The zero-order chi connectivity index (χ0) is 54.4. The fraction of sp³-hybridized carbons (Fsp3) is 0.227. The van der Waals surface area contributed by atoms with Gasteiger partial charge in [-0.15, -0.1) is 0 Å². The van der Waals surface area contributed by atoms with E-state index in [4.69, 9.17) is 0 Å². The van der Waals surface area contributed by atoms with Gasteiger partial charge in [0.2, 0.25) is 0 Å². The first-order chi connectivity index (χ1) is 32.6. The summed E-state index contributed by atoms with van der Waals surface area (Å²) in [5, 5.41) is 0. The van der Waals surface area contributed by atoms with E-state index in [1.54, 1.807) is 12.4 Å². The number of nitrogens with zero attached hydrogens (tertiary/aromatic N) is 2. The van der Waals surface area contributed by atoms with Crippen molar-refractivity contribution in [2.24, 2.45) is 0 Å². The lowest BCUT2D eigenvalue weighted by atomic mass is 9.12. The van der Waals surface area contributed by atoms with Gasteiger partial charge in [0.25, 0.3) is 0 Å². The first kappa shape index (κ1) is 56.4. The Labute approximate surface area is 387 Å². The minimum Gasteiger partial charge on any atom is -0.246 e. The second kappa shape index (κ2) is 19.5. The highest BCUT2D eigenvalue weighted by Gasteiger charge is 2.47. The summed E-state index contributed by atoms with van der Waals surface area (Å²) in [6.45, 7) is 0.228. The molecule has 0 radical (unpaired) electrons. The molecule has 388 valence electrons. The van der Waals surface area contributed by atoms with Gasteiger partial charge in [-0.05, 0) is 24.3 Å². The third-order valence-corrected chi connectivity index (χ3v) is 10.6. The van der Waals surface area contributed by atoms with Crippen LogP contribution in [-0.2, 0) is 62.6 Å². The molecule has 72 heavy (non-hydrogen) atoms. The van der Waals surface area contributed by atoms with Crippen LogP contribution in [0.25, 0.3) is 0 Å². The molecule has 0 unspecified atom stereocenters. The fourth-order valence-corrected chi connectivity index (χ4v) is 7.51. The van der Waals surface area contributed by atoms with Gasteiger partial charge in [0.15, 0.2) is 18.9 Å². The Morgan fingerprint density at radius 2 is 0.611 bits per heavy atom. The summed E-state index contributed by atoms with van der Waals surface area (Å²) in [4.78, 5) is 3.90. The summed E-state index contributed by atoms with van der Waals surface area (Å²) in [6, 6.07) is 1.24. The van der Waals surface area contributed by atoms with E-state index in [0.29, 0.717) is 5.69 Å². The lowest BCUT2D eigenvalue weighted by Crippen LogP contribution is -2.75. The smallest absolute Gasteiger partial charge is 0.246 e. The molecule has 28 heteroatoms. The van der Waals surface area contributed by atoms with Gasteiger partial charge in [-0.1, -0.05) is 78.9 Å². The van der Waals surface area contributed by atoms with E-state index >= 15 is 0 Å². The molecule has 0 amide bonds. The van der Waals surface area contributed by atoms with Crippen molar-refractivity contribution in [3.63, 3.8) is 0 Å². The number of halogens is 25. The van der Waals surface area contributed by atoms with Crippen LogP contribution in [0.1, 0.15) is 55.8 Å². The number of hydrogen-bond donors (Lipinski definition) is 0. The molecule has 0 fully saturated rings. The molecule has 0 aliphatic rings. The van der Waals surface area contributed by atoms with Crippen LogP contribution in [-0.4, -0.2) is 11.1 Å². The summed E-state index contributed by atoms with van der Waals surface area (Å²) < 4.78 is 355. The van der Waals surface area contributed by atoms with Crippen LogP contribution in [0, 0.1) is 0 Å². The first-order valence-electron chi connectivity index (χ1n) is 19.4. The maximum atomic E-state index is 14.2. The maximum Gasteiger partial charge on any atom is 0.416 e. The fourth-order valence-electron chi connectivity index (χ4n) is 7.51. The van der Waals surface area contributed by atoms with Crippen molar-refractivity contribution in [2.75, 3.05) is 0 Å². The van der Waals surface area contributed by atoms with Gasteiger partial charge in [-0.3, -0.25) is 0 Å². The summed E-state index contributed by atoms with van der Waals surface area (Å²) in [7, 11) is 0. The lowest BCUT2D eigenvalue weighted by Gasteiger charge is -2.46. The summed E-state index contributed by atoms with van der Waals surface area (Å²) in [5.41, 5.74) is -28.5. The van der Waals surface area contributed by atoms with E-state index in [0.717, 1.165) is 6.54 Å². The number of rotatable bonds is 7. The molecule has 1 heterocycles. The number of benzene rings is 5. The molecule has 5 aromatic carbocycles. The van der Waals surface area contributed by atoms with Crippen LogP contribution in [0.3, 0.4) is 0 Å². The Morgan fingerprint density at radius 3 is 0.833 bits per heavy atom. The van der Waals surface area contributed by atoms with Crippen molar-refractivity contribution in [1.29, 1.82) is 0 Å². The molecular weight excluding hydrogens is 1040 g/mol. The van der Waals surface area contributed by atoms with E-state index in [1.165, 1.54) is 5.56 Å². The molecule has 0 spiro atoms.